The highest BCUT2D eigenvalue weighted by Crippen LogP contribution is 1.98. The normalized spacial score (nSPS) is 13.1. The van der Waals surface area contributed by atoms with E-state index in [0.29, 0.717) is 6.04 Å². The van der Waals surface area contributed by atoms with Crippen LogP contribution in [0.15, 0.2) is 0 Å². The Morgan fingerprint density at radius 2 is 2.07 bits per heavy atom. The molecule has 0 amide bonds. The Morgan fingerprint density at radius 3 is 2.64 bits per heavy atom. The summed E-state index contributed by atoms with van der Waals surface area (Å²) in [5.74, 6) is 0. The molecule has 0 saturated heterocycles. The van der Waals surface area contributed by atoms with E-state index < -0.39 is 0 Å². The number of methoxy groups -OCH3 is 1. The topological polar surface area (TPSA) is 47.3 Å². The molecule has 1 unspecified atom stereocenters. The molecule has 1 atom stereocenters. The van der Waals surface area contributed by atoms with Gasteiger partial charge in [-0.15, -0.1) is 0 Å². The van der Waals surface area contributed by atoms with E-state index in [1.54, 1.807) is 7.11 Å². The minimum atomic E-state index is 0.486. The Hall–Kier alpha value is -0.120. The fraction of sp³-hybridized carbons (Fsp3) is 1.00. The zero-order chi connectivity index (χ0) is 10.6. The number of nitrogens with two attached hydrogens (primary N) is 1. The summed E-state index contributed by atoms with van der Waals surface area (Å²) in [6.07, 6.45) is 6.05. The average molecular weight is 202 g/mol. The van der Waals surface area contributed by atoms with Crippen molar-refractivity contribution in [3.8, 4) is 0 Å². The van der Waals surface area contributed by atoms with Gasteiger partial charge in [0.2, 0.25) is 0 Å². The van der Waals surface area contributed by atoms with E-state index in [1.165, 1.54) is 19.3 Å². The van der Waals surface area contributed by atoms with Crippen molar-refractivity contribution in [2.75, 3.05) is 26.8 Å². The number of ether oxygens (including phenoxy) is 1. The summed E-state index contributed by atoms with van der Waals surface area (Å²) >= 11 is 0. The summed E-state index contributed by atoms with van der Waals surface area (Å²) in [6.45, 7) is 4.90. The smallest absolute Gasteiger partial charge is 0.0615 e. The van der Waals surface area contributed by atoms with Gasteiger partial charge in [-0.25, -0.2) is 0 Å². The standard InChI is InChI=1S/C11H26N2O/c1-3-4-5-9-13-11(10-14-2)7-6-8-12/h11,13H,3-10,12H2,1-2H3. The van der Waals surface area contributed by atoms with Crippen LogP contribution in [0.5, 0.6) is 0 Å². The molecule has 14 heavy (non-hydrogen) atoms. The molecule has 0 rings (SSSR count). The molecular formula is C11H26N2O. The van der Waals surface area contributed by atoms with E-state index in [-0.39, 0.29) is 0 Å². The maximum Gasteiger partial charge on any atom is 0.0615 e. The molecule has 0 radical (unpaired) electrons. The van der Waals surface area contributed by atoms with E-state index in [2.05, 4.69) is 12.2 Å². The van der Waals surface area contributed by atoms with Gasteiger partial charge >= 0.3 is 0 Å². The fourth-order valence-electron chi connectivity index (χ4n) is 1.49. The Kier molecular flexibility index (Phi) is 10.9. The molecule has 0 aromatic rings. The molecule has 86 valence electrons. The summed E-state index contributed by atoms with van der Waals surface area (Å²) in [5.41, 5.74) is 5.48. The van der Waals surface area contributed by atoms with Crippen molar-refractivity contribution in [1.29, 1.82) is 0 Å². The molecule has 3 heteroatoms. The quantitative estimate of drug-likeness (QED) is 0.528. The van der Waals surface area contributed by atoms with Gasteiger partial charge in [0.25, 0.3) is 0 Å². The second-order valence-corrected chi connectivity index (χ2v) is 3.74. The van der Waals surface area contributed by atoms with Crippen molar-refractivity contribution in [2.45, 2.75) is 45.1 Å². The average Bonchev–Trinajstić information content (AvgIpc) is 2.20. The van der Waals surface area contributed by atoms with E-state index in [9.17, 15) is 0 Å². The first-order valence-corrected chi connectivity index (χ1v) is 5.77. The maximum absolute atomic E-state index is 5.48. The number of unbranched alkanes of at least 4 members (excludes halogenated alkanes) is 2. The second-order valence-electron chi connectivity index (χ2n) is 3.74. The van der Waals surface area contributed by atoms with Gasteiger partial charge in [0.1, 0.15) is 0 Å². The molecule has 3 nitrogen and oxygen atoms in total. The predicted octanol–water partition coefficient (Wildman–Crippen LogP) is 1.52. The highest BCUT2D eigenvalue weighted by Gasteiger charge is 2.05. The van der Waals surface area contributed by atoms with Crippen LogP contribution in [0.3, 0.4) is 0 Å². The second kappa shape index (κ2) is 11.0. The highest BCUT2D eigenvalue weighted by molar-refractivity contribution is 4.66. The SMILES string of the molecule is CCCCCNC(CCCN)COC. The zero-order valence-electron chi connectivity index (χ0n) is 9.72. The summed E-state index contributed by atoms with van der Waals surface area (Å²) in [4.78, 5) is 0. The molecule has 0 bridgehead atoms. The lowest BCUT2D eigenvalue weighted by molar-refractivity contribution is 0.161. The van der Waals surface area contributed by atoms with Crippen molar-refractivity contribution in [3.05, 3.63) is 0 Å². The van der Waals surface area contributed by atoms with Gasteiger partial charge in [-0.1, -0.05) is 19.8 Å². The van der Waals surface area contributed by atoms with E-state index in [1.807, 2.05) is 0 Å². The highest BCUT2D eigenvalue weighted by atomic mass is 16.5. The Labute approximate surface area is 88.4 Å². The lowest BCUT2D eigenvalue weighted by atomic mass is 10.1. The molecule has 0 fully saturated rings. The van der Waals surface area contributed by atoms with Gasteiger partial charge in [-0.05, 0) is 32.4 Å². The van der Waals surface area contributed by atoms with Crippen molar-refractivity contribution in [3.63, 3.8) is 0 Å². The molecule has 0 spiro atoms. The summed E-state index contributed by atoms with van der Waals surface area (Å²) < 4.78 is 5.15. The van der Waals surface area contributed by atoms with Crippen molar-refractivity contribution in [1.82, 2.24) is 5.32 Å². The monoisotopic (exact) mass is 202 g/mol. The van der Waals surface area contributed by atoms with Gasteiger partial charge in [-0.3, -0.25) is 0 Å². The summed E-state index contributed by atoms with van der Waals surface area (Å²) in [5, 5.41) is 3.51. The van der Waals surface area contributed by atoms with Gasteiger partial charge in [-0.2, -0.15) is 0 Å². The molecule has 0 heterocycles. The number of rotatable bonds is 10. The van der Waals surface area contributed by atoms with E-state index >= 15 is 0 Å². The van der Waals surface area contributed by atoms with Crippen LogP contribution in [0.4, 0.5) is 0 Å². The van der Waals surface area contributed by atoms with Crippen molar-refractivity contribution >= 4 is 0 Å². The first kappa shape index (κ1) is 13.9. The van der Waals surface area contributed by atoms with Gasteiger partial charge < -0.3 is 15.8 Å². The summed E-state index contributed by atoms with van der Waals surface area (Å²) in [6, 6.07) is 0.486. The zero-order valence-corrected chi connectivity index (χ0v) is 9.72. The Balaban J connectivity index is 3.40. The van der Waals surface area contributed by atoms with Crippen LogP contribution in [0.2, 0.25) is 0 Å². The predicted molar refractivity (Wildman–Crippen MR) is 61.5 cm³/mol. The van der Waals surface area contributed by atoms with Crippen LogP contribution in [-0.4, -0.2) is 32.8 Å². The van der Waals surface area contributed by atoms with Crippen LogP contribution in [0, 0.1) is 0 Å². The molecule has 0 aliphatic heterocycles. The summed E-state index contributed by atoms with van der Waals surface area (Å²) in [7, 11) is 1.75. The minimum absolute atomic E-state index is 0.486. The molecule has 3 N–H and O–H groups in total. The van der Waals surface area contributed by atoms with E-state index in [4.69, 9.17) is 10.5 Å². The molecule has 0 aliphatic carbocycles. The van der Waals surface area contributed by atoms with Crippen LogP contribution in [0.1, 0.15) is 39.0 Å². The minimum Gasteiger partial charge on any atom is -0.383 e. The number of nitrogens with one attached hydrogen (secondary N) is 1. The lowest BCUT2D eigenvalue weighted by Crippen LogP contribution is -2.34. The van der Waals surface area contributed by atoms with Gasteiger partial charge in [0, 0.05) is 13.2 Å². The first-order valence-electron chi connectivity index (χ1n) is 5.77. The molecular weight excluding hydrogens is 176 g/mol. The third-order valence-corrected chi connectivity index (χ3v) is 2.34. The number of hydrogen-bond acceptors (Lipinski definition) is 3. The Morgan fingerprint density at radius 1 is 1.29 bits per heavy atom. The van der Waals surface area contributed by atoms with E-state index in [0.717, 1.165) is 32.5 Å². The third-order valence-electron chi connectivity index (χ3n) is 2.34. The lowest BCUT2D eigenvalue weighted by Gasteiger charge is -2.17. The van der Waals surface area contributed by atoms with Crippen LogP contribution < -0.4 is 11.1 Å². The van der Waals surface area contributed by atoms with Gasteiger partial charge in [0.05, 0.1) is 6.61 Å². The van der Waals surface area contributed by atoms with Crippen molar-refractivity contribution in [2.24, 2.45) is 5.73 Å². The van der Waals surface area contributed by atoms with Crippen LogP contribution >= 0.6 is 0 Å². The van der Waals surface area contributed by atoms with Crippen LogP contribution in [-0.2, 0) is 4.74 Å². The van der Waals surface area contributed by atoms with Gasteiger partial charge in [0.15, 0.2) is 0 Å². The van der Waals surface area contributed by atoms with Crippen molar-refractivity contribution < 1.29 is 4.74 Å². The third kappa shape index (κ3) is 8.48. The molecule has 0 saturated carbocycles. The maximum atomic E-state index is 5.48. The largest absolute Gasteiger partial charge is 0.383 e. The molecule has 0 aromatic heterocycles. The first-order chi connectivity index (χ1) is 6.85. The number of hydrogen-bond donors (Lipinski definition) is 2. The molecule has 0 aliphatic rings. The van der Waals surface area contributed by atoms with Crippen LogP contribution in [0.25, 0.3) is 0 Å². The Bertz CT molecular complexity index is 109. The molecule has 0 aromatic carbocycles. The fourth-order valence-corrected chi connectivity index (χ4v) is 1.49.